The third-order valence-electron chi connectivity index (χ3n) is 5.46. The SMILES string of the molecule is Cc1cc(N2CC3CC(C2)N3Cc2noc3cc(F)ccc23)nc(C)n1. The van der Waals surface area contributed by atoms with Crippen molar-refractivity contribution in [2.24, 2.45) is 0 Å². The lowest BCUT2D eigenvalue weighted by Crippen LogP contribution is -2.68. The molecule has 7 heteroatoms. The molecule has 1 aromatic carbocycles. The molecule has 6 nitrogen and oxygen atoms in total. The van der Waals surface area contributed by atoms with Crippen LogP contribution in [0, 0.1) is 19.7 Å². The fourth-order valence-electron chi connectivity index (χ4n) is 4.24. The minimum atomic E-state index is -0.299. The minimum absolute atomic E-state index is 0.299. The van der Waals surface area contributed by atoms with Crippen molar-refractivity contribution in [3.63, 3.8) is 0 Å². The molecule has 0 saturated carbocycles. The number of aromatic nitrogens is 3. The summed E-state index contributed by atoms with van der Waals surface area (Å²) in [6, 6.07) is 7.63. The number of halogens is 1. The van der Waals surface area contributed by atoms with Crippen molar-refractivity contribution in [3.05, 3.63) is 47.3 Å². The minimum Gasteiger partial charge on any atom is -0.356 e. The van der Waals surface area contributed by atoms with Crippen molar-refractivity contribution in [2.45, 2.75) is 38.9 Å². The van der Waals surface area contributed by atoms with Crippen LogP contribution in [0.1, 0.15) is 23.6 Å². The molecular weight excluding hydrogens is 333 g/mol. The Kier molecular flexibility index (Phi) is 3.46. The Morgan fingerprint density at radius 1 is 1.15 bits per heavy atom. The number of piperazine rings is 1. The highest BCUT2D eigenvalue weighted by atomic mass is 19.1. The van der Waals surface area contributed by atoms with Gasteiger partial charge in [-0.15, -0.1) is 0 Å². The van der Waals surface area contributed by atoms with Crippen LogP contribution in [0.15, 0.2) is 28.8 Å². The molecule has 2 bridgehead atoms. The summed E-state index contributed by atoms with van der Waals surface area (Å²) in [5, 5.41) is 5.07. The molecule has 134 valence electrons. The highest BCUT2D eigenvalue weighted by molar-refractivity contribution is 5.79. The van der Waals surface area contributed by atoms with E-state index in [1.807, 2.05) is 13.8 Å². The van der Waals surface area contributed by atoms with E-state index < -0.39 is 0 Å². The van der Waals surface area contributed by atoms with Crippen molar-refractivity contribution in [3.8, 4) is 0 Å². The normalized spacial score (nSPS) is 22.7. The van der Waals surface area contributed by atoms with Crippen molar-refractivity contribution >= 4 is 16.8 Å². The Hall–Kier alpha value is -2.54. The summed E-state index contributed by atoms with van der Waals surface area (Å²) < 4.78 is 18.6. The van der Waals surface area contributed by atoms with E-state index in [2.05, 4.69) is 31.0 Å². The average molecular weight is 353 g/mol. The quantitative estimate of drug-likeness (QED) is 0.722. The molecule has 0 N–H and O–H groups in total. The average Bonchev–Trinajstić information content (AvgIpc) is 3.00. The van der Waals surface area contributed by atoms with Gasteiger partial charge in [0.2, 0.25) is 0 Å². The molecule has 2 aromatic heterocycles. The highest BCUT2D eigenvalue weighted by Crippen LogP contribution is 2.36. The molecule has 2 atom stereocenters. The topological polar surface area (TPSA) is 58.3 Å². The van der Waals surface area contributed by atoms with Gasteiger partial charge in [-0.2, -0.15) is 0 Å². The highest BCUT2D eigenvalue weighted by Gasteiger charge is 2.45. The van der Waals surface area contributed by atoms with E-state index in [1.165, 1.54) is 18.6 Å². The molecule has 3 aromatic rings. The summed E-state index contributed by atoms with van der Waals surface area (Å²) in [5.41, 5.74) is 2.40. The zero-order valence-electron chi connectivity index (χ0n) is 14.8. The summed E-state index contributed by atoms with van der Waals surface area (Å²) in [4.78, 5) is 13.8. The van der Waals surface area contributed by atoms with Gasteiger partial charge in [0.05, 0.1) is 0 Å². The largest absolute Gasteiger partial charge is 0.356 e. The molecule has 3 fully saturated rings. The molecule has 0 aliphatic carbocycles. The summed E-state index contributed by atoms with van der Waals surface area (Å²) in [7, 11) is 0. The molecule has 3 saturated heterocycles. The lowest BCUT2D eigenvalue weighted by molar-refractivity contribution is -0.0100. The Morgan fingerprint density at radius 3 is 2.73 bits per heavy atom. The van der Waals surface area contributed by atoms with Crippen LogP contribution in [-0.2, 0) is 6.54 Å². The number of fused-ring (bicyclic) bond motifs is 3. The molecule has 3 aliphatic rings. The van der Waals surface area contributed by atoms with Crippen LogP contribution >= 0.6 is 0 Å². The van der Waals surface area contributed by atoms with Crippen LogP contribution in [0.4, 0.5) is 10.2 Å². The first kappa shape index (κ1) is 15.7. The van der Waals surface area contributed by atoms with Crippen LogP contribution in [0.3, 0.4) is 0 Å². The Labute approximate surface area is 150 Å². The number of aryl methyl sites for hydroxylation is 2. The number of anilines is 1. The Bertz CT molecular complexity index is 955. The van der Waals surface area contributed by atoms with Gasteiger partial charge in [-0.1, -0.05) is 5.16 Å². The van der Waals surface area contributed by atoms with E-state index in [9.17, 15) is 4.39 Å². The molecule has 6 rings (SSSR count). The number of hydrogen-bond donors (Lipinski definition) is 0. The number of rotatable bonds is 3. The van der Waals surface area contributed by atoms with E-state index in [0.29, 0.717) is 17.7 Å². The Morgan fingerprint density at radius 2 is 1.96 bits per heavy atom. The van der Waals surface area contributed by atoms with E-state index >= 15 is 0 Å². The first-order chi connectivity index (χ1) is 12.6. The first-order valence-electron chi connectivity index (χ1n) is 8.93. The fourth-order valence-corrected chi connectivity index (χ4v) is 4.24. The van der Waals surface area contributed by atoms with Crippen molar-refractivity contribution in [1.29, 1.82) is 0 Å². The number of hydrogen-bond acceptors (Lipinski definition) is 6. The maximum Gasteiger partial charge on any atom is 0.170 e. The van der Waals surface area contributed by atoms with Crippen molar-refractivity contribution in [2.75, 3.05) is 18.0 Å². The van der Waals surface area contributed by atoms with Gasteiger partial charge in [0, 0.05) is 54.9 Å². The van der Waals surface area contributed by atoms with Crippen LogP contribution in [0.2, 0.25) is 0 Å². The second-order valence-electron chi connectivity index (χ2n) is 7.31. The van der Waals surface area contributed by atoms with E-state index in [0.717, 1.165) is 48.1 Å². The van der Waals surface area contributed by atoms with Crippen molar-refractivity contribution < 1.29 is 8.91 Å². The summed E-state index contributed by atoms with van der Waals surface area (Å²) in [5.74, 6) is 1.54. The number of piperidine rings is 1. The van der Waals surface area contributed by atoms with Crippen LogP contribution < -0.4 is 4.90 Å². The van der Waals surface area contributed by atoms with Crippen LogP contribution in [0.25, 0.3) is 11.0 Å². The van der Waals surface area contributed by atoms with Crippen molar-refractivity contribution in [1.82, 2.24) is 20.0 Å². The molecule has 26 heavy (non-hydrogen) atoms. The maximum atomic E-state index is 13.3. The van der Waals surface area contributed by atoms with E-state index in [4.69, 9.17) is 4.52 Å². The van der Waals surface area contributed by atoms with E-state index in [1.54, 1.807) is 6.07 Å². The fraction of sp³-hybridized carbons (Fsp3) is 0.421. The standard InChI is InChI=1S/C19H20FN5O/c1-11-5-19(22-12(2)21-11)24-8-14-7-15(9-24)25(14)10-17-16-4-3-13(20)6-18(16)26-23-17/h3-6,14-15H,7-10H2,1-2H3. The van der Waals surface area contributed by atoms with Crippen LogP contribution in [-0.4, -0.2) is 45.2 Å². The third-order valence-corrected chi connectivity index (χ3v) is 5.46. The summed E-state index contributed by atoms with van der Waals surface area (Å²) in [6.45, 7) is 6.59. The van der Waals surface area contributed by atoms with Gasteiger partial charge < -0.3 is 9.42 Å². The second kappa shape index (κ2) is 5.74. The summed E-state index contributed by atoms with van der Waals surface area (Å²) in [6.07, 6.45) is 1.20. The lowest BCUT2D eigenvalue weighted by atomic mass is 9.87. The monoisotopic (exact) mass is 353 g/mol. The molecule has 0 radical (unpaired) electrons. The summed E-state index contributed by atoms with van der Waals surface area (Å²) >= 11 is 0. The predicted octanol–water partition coefficient (Wildman–Crippen LogP) is 2.84. The molecule has 0 amide bonds. The molecule has 0 spiro atoms. The molecule has 3 aliphatic heterocycles. The van der Waals surface area contributed by atoms with Gasteiger partial charge in [0.25, 0.3) is 0 Å². The van der Waals surface area contributed by atoms with Gasteiger partial charge in [0.1, 0.15) is 23.2 Å². The van der Waals surface area contributed by atoms with Gasteiger partial charge in [-0.25, -0.2) is 14.4 Å². The molecular formula is C19H20FN5O. The number of benzene rings is 1. The third kappa shape index (κ3) is 2.54. The van der Waals surface area contributed by atoms with Gasteiger partial charge in [0.15, 0.2) is 5.58 Å². The first-order valence-corrected chi connectivity index (χ1v) is 8.93. The second-order valence-corrected chi connectivity index (χ2v) is 7.31. The van der Waals surface area contributed by atoms with E-state index in [-0.39, 0.29) is 5.82 Å². The predicted molar refractivity (Wildman–Crippen MR) is 95.4 cm³/mol. The van der Waals surface area contributed by atoms with Crippen LogP contribution in [0.5, 0.6) is 0 Å². The lowest BCUT2D eigenvalue weighted by Gasteiger charge is -2.56. The van der Waals surface area contributed by atoms with Gasteiger partial charge in [-0.05, 0) is 32.4 Å². The number of nitrogens with zero attached hydrogens (tertiary/aromatic N) is 5. The molecule has 2 unspecified atom stereocenters. The molecule has 5 heterocycles. The zero-order valence-corrected chi connectivity index (χ0v) is 14.8. The zero-order chi connectivity index (χ0) is 17.8. The smallest absolute Gasteiger partial charge is 0.170 e. The van der Waals surface area contributed by atoms with Gasteiger partial charge >= 0.3 is 0 Å². The Balaban J connectivity index is 1.33. The van der Waals surface area contributed by atoms with Gasteiger partial charge in [-0.3, -0.25) is 4.90 Å². The maximum absolute atomic E-state index is 13.3.